The van der Waals surface area contributed by atoms with Crippen LogP contribution >= 0.6 is 0 Å². The quantitative estimate of drug-likeness (QED) is 0.877. The summed E-state index contributed by atoms with van der Waals surface area (Å²) in [5, 5.41) is 0. The van der Waals surface area contributed by atoms with Crippen molar-refractivity contribution in [3.8, 4) is 5.75 Å². The fraction of sp³-hybridized carbons (Fsp3) is 0.250. The zero-order valence-electron chi connectivity index (χ0n) is 13.5. The molecule has 0 radical (unpaired) electrons. The minimum absolute atomic E-state index is 0. The van der Waals surface area contributed by atoms with E-state index in [9.17, 15) is 8.42 Å². The number of aryl methyl sites for hydroxylation is 1. The third kappa shape index (κ3) is 7.21. The molecule has 0 aliphatic carbocycles. The van der Waals surface area contributed by atoms with Gasteiger partial charge in [0.2, 0.25) is 0 Å². The maximum atomic E-state index is 11.9. The predicted molar refractivity (Wildman–Crippen MR) is 90.1 cm³/mol. The van der Waals surface area contributed by atoms with Crippen molar-refractivity contribution in [2.75, 3.05) is 21.1 Å². The smallest absolute Gasteiger partial charge is 0.339 e. The van der Waals surface area contributed by atoms with Crippen LogP contribution in [0.1, 0.15) is 5.56 Å². The molecule has 5 nitrogen and oxygen atoms in total. The molecule has 0 atom stereocenters. The molecule has 122 valence electrons. The molecular weight excluding hydrogens is 300 g/mol. The molecule has 2 aromatic rings. The summed E-state index contributed by atoms with van der Waals surface area (Å²) >= 11 is 0. The molecule has 0 spiro atoms. The molecule has 0 saturated carbocycles. The summed E-state index contributed by atoms with van der Waals surface area (Å²) in [7, 11) is 2.27. The van der Waals surface area contributed by atoms with Gasteiger partial charge in [0, 0.05) is 0 Å². The minimum Gasteiger partial charge on any atom is -0.379 e. The Labute approximate surface area is 133 Å². The topological polar surface area (TPSA) is 81.6 Å². The molecule has 0 aliphatic heterocycles. The highest BCUT2D eigenvalue weighted by Crippen LogP contribution is 2.18. The molecule has 0 amide bonds. The Bertz CT molecular complexity index is 636. The van der Waals surface area contributed by atoms with E-state index in [1.807, 2.05) is 33.0 Å². The van der Waals surface area contributed by atoms with Crippen molar-refractivity contribution in [1.82, 2.24) is 11.1 Å². The van der Waals surface area contributed by atoms with Crippen LogP contribution in [-0.4, -0.2) is 34.5 Å². The van der Waals surface area contributed by atoms with Crippen LogP contribution in [0.15, 0.2) is 59.5 Å². The standard InChI is InChI=1S/C13H12O3S.C3H9N.H3N/c1-11-7-9-12(10-8-11)16-17(14,15)13-5-3-2-4-6-13;1-4(2)3;/h2-10H,1H3;1-3H3;1H3. The highest BCUT2D eigenvalue weighted by molar-refractivity contribution is 7.87. The van der Waals surface area contributed by atoms with E-state index in [0.717, 1.165) is 5.56 Å². The molecule has 0 fully saturated rings. The Morgan fingerprint density at radius 1 is 0.864 bits per heavy atom. The van der Waals surface area contributed by atoms with Gasteiger partial charge in [-0.25, -0.2) is 0 Å². The summed E-state index contributed by atoms with van der Waals surface area (Å²) in [6.07, 6.45) is 0. The molecule has 0 unspecified atom stereocenters. The Morgan fingerprint density at radius 2 is 1.32 bits per heavy atom. The van der Waals surface area contributed by atoms with Gasteiger partial charge in [0.1, 0.15) is 10.6 Å². The van der Waals surface area contributed by atoms with E-state index in [4.69, 9.17) is 4.18 Å². The number of rotatable bonds is 3. The summed E-state index contributed by atoms with van der Waals surface area (Å²) in [5.41, 5.74) is 1.05. The van der Waals surface area contributed by atoms with Crippen LogP contribution in [0.2, 0.25) is 0 Å². The number of nitrogens with zero attached hydrogens (tertiary/aromatic N) is 1. The predicted octanol–water partition coefficient (Wildman–Crippen LogP) is 3.10. The third-order valence-electron chi connectivity index (χ3n) is 2.26. The molecule has 0 heterocycles. The van der Waals surface area contributed by atoms with Crippen molar-refractivity contribution in [2.45, 2.75) is 11.8 Å². The Kier molecular flexibility index (Phi) is 8.40. The second-order valence-electron chi connectivity index (χ2n) is 5.01. The van der Waals surface area contributed by atoms with Gasteiger partial charge in [0.25, 0.3) is 0 Å². The lowest BCUT2D eigenvalue weighted by Gasteiger charge is -2.06. The van der Waals surface area contributed by atoms with Gasteiger partial charge in [0.15, 0.2) is 0 Å². The Hall–Kier alpha value is -1.89. The van der Waals surface area contributed by atoms with Gasteiger partial charge in [-0.1, -0.05) is 35.9 Å². The number of benzene rings is 2. The van der Waals surface area contributed by atoms with Gasteiger partial charge in [0.05, 0.1) is 0 Å². The summed E-state index contributed by atoms with van der Waals surface area (Å²) in [4.78, 5) is 2.15. The lowest BCUT2D eigenvalue weighted by Crippen LogP contribution is -2.09. The van der Waals surface area contributed by atoms with Crippen LogP contribution < -0.4 is 10.3 Å². The normalized spacial score (nSPS) is 10.2. The van der Waals surface area contributed by atoms with Gasteiger partial charge in [-0.2, -0.15) is 8.42 Å². The van der Waals surface area contributed by atoms with E-state index in [2.05, 4.69) is 0 Å². The maximum absolute atomic E-state index is 11.9. The highest BCUT2D eigenvalue weighted by Gasteiger charge is 2.15. The average molecular weight is 324 g/mol. The van der Waals surface area contributed by atoms with Gasteiger partial charge in [-0.05, 0) is 52.3 Å². The van der Waals surface area contributed by atoms with Crippen molar-refractivity contribution < 1.29 is 12.6 Å². The van der Waals surface area contributed by atoms with Gasteiger partial charge in [-0.3, -0.25) is 0 Å². The zero-order chi connectivity index (χ0) is 15.9. The first-order chi connectivity index (χ1) is 9.81. The second kappa shape index (κ2) is 9.19. The lowest BCUT2D eigenvalue weighted by molar-refractivity contribution is 0.486. The number of hydrogen-bond donors (Lipinski definition) is 1. The molecule has 2 aromatic carbocycles. The molecule has 0 saturated heterocycles. The van der Waals surface area contributed by atoms with Crippen molar-refractivity contribution in [1.29, 1.82) is 0 Å². The van der Waals surface area contributed by atoms with Crippen LogP contribution in [0.5, 0.6) is 5.75 Å². The Balaban J connectivity index is 0.000000791. The molecule has 3 N–H and O–H groups in total. The molecule has 6 heteroatoms. The summed E-state index contributed by atoms with van der Waals surface area (Å²) in [5.74, 6) is 0.319. The highest BCUT2D eigenvalue weighted by atomic mass is 32.2. The van der Waals surface area contributed by atoms with E-state index >= 15 is 0 Å². The fourth-order valence-corrected chi connectivity index (χ4v) is 2.31. The SMILES string of the molecule is CN(C)C.Cc1ccc(OS(=O)(=O)c2ccccc2)cc1.N. The van der Waals surface area contributed by atoms with E-state index in [0.29, 0.717) is 5.75 Å². The van der Waals surface area contributed by atoms with Gasteiger partial charge < -0.3 is 15.2 Å². The van der Waals surface area contributed by atoms with Crippen molar-refractivity contribution in [3.63, 3.8) is 0 Å². The van der Waals surface area contributed by atoms with E-state index in [1.165, 1.54) is 12.1 Å². The Morgan fingerprint density at radius 3 is 1.77 bits per heavy atom. The molecular formula is C16H24N2O3S. The van der Waals surface area contributed by atoms with Crippen LogP contribution in [0.4, 0.5) is 0 Å². The van der Waals surface area contributed by atoms with Crippen molar-refractivity contribution in [2.24, 2.45) is 0 Å². The molecule has 2 rings (SSSR count). The zero-order valence-corrected chi connectivity index (χ0v) is 14.3. The molecule has 22 heavy (non-hydrogen) atoms. The minimum atomic E-state index is -3.73. The van der Waals surface area contributed by atoms with Gasteiger partial charge >= 0.3 is 10.1 Å². The van der Waals surface area contributed by atoms with E-state index in [1.54, 1.807) is 42.5 Å². The van der Waals surface area contributed by atoms with Gasteiger partial charge in [-0.15, -0.1) is 0 Å². The monoisotopic (exact) mass is 324 g/mol. The van der Waals surface area contributed by atoms with Crippen molar-refractivity contribution >= 4 is 10.1 Å². The first-order valence-corrected chi connectivity index (χ1v) is 7.89. The van der Waals surface area contributed by atoms with E-state index in [-0.39, 0.29) is 11.0 Å². The second-order valence-corrected chi connectivity index (χ2v) is 6.55. The lowest BCUT2D eigenvalue weighted by atomic mass is 10.2. The van der Waals surface area contributed by atoms with E-state index < -0.39 is 10.1 Å². The summed E-state index contributed by atoms with van der Waals surface area (Å²) < 4.78 is 28.7. The fourth-order valence-electron chi connectivity index (χ4n) is 1.36. The first kappa shape index (κ1) is 20.1. The average Bonchev–Trinajstić information content (AvgIpc) is 2.42. The number of hydrogen-bond acceptors (Lipinski definition) is 5. The molecule has 0 aromatic heterocycles. The van der Waals surface area contributed by atoms with Crippen LogP contribution in [0, 0.1) is 6.92 Å². The van der Waals surface area contributed by atoms with Crippen LogP contribution in [0.25, 0.3) is 0 Å². The first-order valence-electron chi connectivity index (χ1n) is 6.48. The largest absolute Gasteiger partial charge is 0.379 e. The third-order valence-corrected chi connectivity index (χ3v) is 3.52. The summed E-state index contributed by atoms with van der Waals surface area (Å²) in [6.45, 7) is 1.93. The van der Waals surface area contributed by atoms with Crippen LogP contribution in [-0.2, 0) is 10.1 Å². The van der Waals surface area contributed by atoms with Crippen LogP contribution in [0.3, 0.4) is 0 Å². The molecule has 0 bridgehead atoms. The maximum Gasteiger partial charge on any atom is 0.339 e. The molecule has 0 aliphatic rings. The summed E-state index contributed by atoms with van der Waals surface area (Å²) in [6, 6.07) is 15.0. The van der Waals surface area contributed by atoms with Crippen molar-refractivity contribution in [3.05, 3.63) is 60.2 Å².